The SMILES string of the molecule is CC(C)(CN)OC(=O)NC(CCc1ccccc1)CC(=O)O. The molecule has 1 aromatic carbocycles. The molecule has 1 atom stereocenters. The standard InChI is InChI=1S/C16H24N2O4/c1-16(2,11-17)22-15(21)18-13(10-14(19)20)9-8-12-6-4-3-5-7-12/h3-7,13H,8-11,17H2,1-2H3,(H,18,21)(H,19,20). The number of aryl methyl sites for hydroxylation is 1. The molecule has 1 aromatic rings. The van der Waals surface area contributed by atoms with Crippen LogP contribution in [0.4, 0.5) is 4.79 Å². The number of hydrogen-bond donors (Lipinski definition) is 3. The van der Waals surface area contributed by atoms with Gasteiger partial charge in [-0.2, -0.15) is 0 Å². The Kier molecular flexibility index (Phi) is 6.85. The van der Waals surface area contributed by atoms with Crippen LogP contribution in [-0.4, -0.2) is 35.4 Å². The van der Waals surface area contributed by atoms with Crippen LogP contribution in [0.5, 0.6) is 0 Å². The van der Waals surface area contributed by atoms with Gasteiger partial charge in [0.15, 0.2) is 0 Å². The molecule has 4 N–H and O–H groups in total. The van der Waals surface area contributed by atoms with Gasteiger partial charge in [0.1, 0.15) is 5.60 Å². The molecule has 1 amide bonds. The van der Waals surface area contributed by atoms with Gasteiger partial charge in [-0.3, -0.25) is 4.79 Å². The molecule has 22 heavy (non-hydrogen) atoms. The predicted octanol–water partition coefficient (Wildman–Crippen LogP) is 1.93. The van der Waals surface area contributed by atoms with Gasteiger partial charge in [0.2, 0.25) is 0 Å². The minimum Gasteiger partial charge on any atom is -0.481 e. The fourth-order valence-electron chi connectivity index (χ4n) is 1.91. The van der Waals surface area contributed by atoms with Gasteiger partial charge in [0.05, 0.1) is 6.42 Å². The first-order valence-corrected chi connectivity index (χ1v) is 7.27. The molecule has 0 saturated heterocycles. The number of nitrogens with two attached hydrogens (primary N) is 1. The van der Waals surface area contributed by atoms with Crippen LogP contribution in [0.15, 0.2) is 30.3 Å². The Labute approximate surface area is 130 Å². The van der Waals surface area contributed by atoms with E-state index in [1.165, 1.54) is 0 Å². The third-order valence-corrected chi connectivity index (χ3v) is 3.23. The number of amides is 1. The molecule has 0 radical (unpaired) electrons. The lowest BCUT2D eigenvalue weighted by Gasteiger charge is -2.25. The minimum absolute atomic E-state index is 0.148. The second kappa shape index (κ2) is 8.38. The molecule has 6 nitrogen and oxygen atoms in total. The van der Waals surface area contributed by atoms with Crippen molar-refractivity contribution in [2.45, 2.75) is 44.8 Å². The number of carboxylic acid groups (broad SMARTS) is 1. The van der Waals surface area contributed by atoms with E-state index >= 15 is 0 Å². The first kappa shape index (κ1) is 18.0. The maximum absolute atomic E-state index is 11.8. The molecule has 0 spiro atoms. The van der Waals surface area contributed by atoms with Crippen LogP contribution in [0, 0.1) is 0 Å². The third-order valence-electron chi connectivity index (χ3n) is 3.23. The number of rotatable bonds is 8. The zero-order chi connectivity index (χ0) is 16.6. The van der Waals surface area contributed by atoms with Gasteiger partial charge < -0.3 is 20.9 Å². The van der Waals surface area contributed by atoms with E-state index in [4.69, 9.17) is 15.6 Å². The van der Waals surface area contributed by atoms with Gasteiger partial charge in [-0.25, -0.2) is 4.79 Å². The minimum atomic E-state index is -0.962. The summed E-state index contributed by atoms with van der Waals surface area (Å²) in [6, 6.07) is 9.21. The lowest BCUT2D eigenvalue weighted by Crippen LogP contribution is -2.44. The molecule has 0 saturated carbocycles. The molecule has 0 fully saturated rings. The quantitative estimate of drug-likeness (QED) is 0.681. The van der Waals surface area contributed by atoms with Gasteiger partial charge in [-0.05, 0) is 32.3 Å². The van der Waals surface area contributed by atoms with E-state index in [0.717, 1.165) is 5.56 Å². The van der Waals surface area contributed by atoms with E-state index in [2.05, 4.69) is 5.32 Å². The summed E-state index contributed by atoms with van der Waals surface area (Å²) in [6.07, 6.45) is 0.411. The summed E-state index contributed by atoms with van der Waals surface area (Å²) in [5.74, 6) is -0.962. The van der Waals surface area contributed by atoms with E-state index in [1.54, 1.807) is 13.8 Å². The van der Waals surface area contributed by atoms with Gasteiger partial charge in [-0.1, -0.05) is 30.3 Å². The number of hydrogen-bond acceptors (Lipinski definition) is 4. The summed E-state index contributed by atoms with van der Waals surface area (Å²) in [4.78, 5) is 22.8. The topological polar surface area (TPSA) is 102 Å². The maximum Gasteiger partial charge on any atom is 0.407 e. The molecule has 1 unspecified atom stereocenters. The first-order valence-electron chi connectivity index (χ1n) is 7.27. The number of carbonyl (C=O) groups is 2. The van der Waals surface area contributed by atoms with Crippen molar-refractivity contribution in [2.24, 2.45) is 5.73 Å². The molecular weight excluding hydrogens is 284 g/mol. The highest BCUT2D eigenvalue weighted by atomic mass is 16.6. The van der Waals surface area contributed by atoms with Crippen molar-refractivity contribution >= 4 is 12.1 Å². The molecule has 0 aromatic heterocycles. The Bertz CT molecular complexity index is 488. The van der Waals surface area contributed by atoms with Crippen LogP contribution in [-0.2, 0) is 16.0 Å². The van der Waals surface area contributed by atoms with Crippen LogP contribution in [0.1, 0.15) is 32.3 Å². The second-order valence-electron chi connectivity index (χ2n) is 5.82. The Morgan fingerprint density at radius 2 is 1.95 bits per heavy atom. The fourth-order valence-corrected chi connectivity index (χ4v) is 1.91. The molecule has 1 rings (SSSR count). The van der Waals surface area contributed by atoms with Crippen LogP contribution < -0.4 is 11.1 Å². The van der Waals surface area contributed by atoms with Crippen molar-refractivity contribution in [3.8, 4) is 0 Å². The number of benzene rings is 1. The second-order valence-corrected chi connectivity index (χ2v) is 5.82. The molecule has 0 aliphatic heterocycles. The Morgan fingerprint density at radius 1 is 1.32 bits per heavy atom. The van der Waals surface area contributed by atoms with Crippen LogP contribution in [0.2, 0.25) is 0 Å². The van der Waals surface area contributed by atoms with Gasteiger partial charge >= 0.3 is 12.1 Å². The van der Waals surface area contributed by atoms with Crippen molar-refractivity contribution in [3.63, 3.8) is 0 Å². The van der Waals surface area contributed by atoms with Gasteiger partial charge in [0, 0.05) is 12.6 Å². The molecule has 0 aliphatic carbocycles. The van der Waals surface area contributed by atoms with Crippen molar-refractivity contribution in [1.82, 2.24) is 5.32 Å². The Hall–Kier alpha value is -2.08. The van der Waals surface area contributed by atoms with Gasteiger partial charge in [-0.15, -0.1) is 0 Å². The molecular formula is C16H24N2O4. The maximum atomic E-state index is 11.8. The van der Waals surface area contributed by atoms with Crippen LogP contribution >= 0.6 is 0 Å². The first-order chi connectivity index (χ1) is 10.3. The van der Waals surface area contributed by atoms with Crippen molar-refractivity contribution < 1.29 is 19.4 Å². The monoisotopic (exact) mass is 308 g/mol. The van der Waals surface area contributed by atoms with Crippen molar-refractivity contribution in [3.05, 3.63) is 35.9 Å². The average Bonchev–Trinajstić information content (AvgIpc) is 2.44. The largest absolute Gasteiger partial charge is 0.481 e. The van der Waals surface area contributed by atoms with Crippen molar-refractivity contribution in [1.29, 1.82) is 0 Å². The van der Waals surface area contributed by atoms with Crippen LogP contribution in [0.25, 0.3) is 0 Å². The Balaban J connectivity index is 2.56. The molecule has 0 bridgehead atoms. The normalized spacial score (nSPS) is 12.5. The highest BCUT2D eigenvalue weighted by Crippen LogP contribution is 2.10. The molecule has 0 heterocycles. The lowest BCUT2D eigenvalue weighted by atomic mass is 10.0. The average molecular weight is 308 g/mol. The molecule has 122 valence electrons. The molecule has 6 heteroatoms. The number of alkyl carbamates (subject to hydrolysis) is 1. The highest BCUT2D eigenvalue weighted by Gasteiger charge is 2.23. The smallest absolute Gasteiger partial charge is 0.407 e. The number of nitrogens with one attached hydrogen (secondary N) is 1. The fraction of sp³-hybridized carbons (Fsp3) is 0.500. The van der Waals surface area contributed by atoms with Crippen molar-refractivity contribution in [2.75, 3.05) is 6.54 Å². The zero-order valence-electron chi connectivity index (χ0n) is 13.0. The third kappa shape index (κ3) is 7.08. The predicted molar refractivity (Wildman–Crippen MR) is 83.6 cm³/mol. The van der Waals surface area contributed by atoms with E-state index < -0.39 is 23.7 Å². The summed E-state index contributed by atoms with van der Waals surface area (Å²) in [6.45, 7) is 3.58. The highest BCUT2D eigenvalue weighted by molar-refractivity contribution is 5.71. The van der Waals surface area contributed by atoms with E-state index in [1.807, 2.05) is 30.3 Å². The van der Waals surface area contributed by atoms with Gasteiger partial charge in [0.25, 0.3) is 0 Å². The van der Waals surface area contributed by atoms with E-state index in [9.17, 15) is 9.59 Å². The van der Waals surface area contributed by atoms with Crippen LogP contribution in [0.3, 0.4) is 0 Å². The Morgan fingerprint density at radius 3 is 2.50 bits per heavy atom. The summed E-state index contributed by atoms with van der Waals surface area (Å²) >= 11 is 0. The lowest BCUT2D eigenvalue weighted by molar-refractivity contribution is -0.137. The number of carbonyl (C=O) groups excluding carboxylic acids is 1. The summed E-state index contributed by atoms with van der Waals surface area (Å²) < 4.78 is 5.18. The summed E-state index contributed by atoms with van der Waals surface area (Å²) in [5, 5.41) is 11.6. The molecule has 0 aliphatic rings. The number of carboxylic acids is 1. The summed E-state index contributed by atoms with van der Waals surface area (Å²) in [5.41, 5.74) is 5.81. The zero-order valence-corrected chi connectivity index (χ0v) is 13.0. The number of aliphatic carboxylic acids is 1. The number of ether oxygens (including phenoxy) is 1. The van der Waals surface area contributed by atoms with E-state index in [-0.39, 0.29) is 13.0 Å². The summed E-state index contributed by atoms with van der Waals surface area (Å²) in [7, 11) is 0. The van der Waals surface area contributed by atoms with E-state index in [0.29, 0.717) is 12.8 Å².